The lowest BCUT2D eigenvalue weighted by Gasteiger charge is -2.18. The van der Waals surface area contributed by atoms with E-state index < -0.39 is 0 Å². The van der Waals surface area contributed by atoms with Crippen molar-refractivity contribution in [2.24, 2.45) is 0 Å². The highest BCUT2D eigenvalue weighted by Crippen LogP contribution is 2.39. The first-order valence-corrected chi connectivity index (χ1v) is 7.78. The molecule has 2 aromatic rings. The van der Waals surface area contributed by atoms with Gasteiger partial charge in [0, 0.05) is 23.7 Å². The molecular weight excluding hydrogens is 265 g/mol. The van der Waals surface area contributed by atoms with Crippen LogP contribution in [0.25, 0.3) is 5.69 Å². The molecule has 3 rings (SSSR count). The Bertz CT molecular complexity index is 616. The number of halogens is 1. The first-order chi connectivity index (χ1) is 10.2. The Morgan fingerprint density at radius 2 is 2.19 bits per heavy atom. The van der Waals surface area contributed by atoms with Crippen LogP contribution in [0, 0.1) is 5.82 Å². The summed E-state index contributed by atoms with van der Waals surface area (Å²) in [7, 11) is 0. The lowest BCUT2D eigenvalue weighted by atomic mass is 10.1. The van der Waals surface area contributed by atoms with Crippen LogP contribution < -0.4 is 5.32 Å². The van der Waals surface area contributed by atoms with Gasteiger partial charge in [-0.2, -0.15) is 5.10 Å². The van der Waals surface area contributed by atoms with Gasteiger partial charge in [-0.3, -0.25) is 0 Å². The predicted molar refractivity (Wildman–Crippen MR) is 82.2 cm³/mol. The number of hydrogen-bond donors (Lipinski definition) is 1. The molecule has 3 nitrogen and oxygen atoms in total. The van der Waals surface area contributed by atoms with Gasteiger partial charge in [-0.05, 0) is 50.9 Å². The number of aromatic nitrogens is 2. The average molecular weight is 287 g/mol. The van der Waals surface area contributed by atoms with Gasteiger partial charge in [0.1, 0.15) is 5.82 Å². The fraction of sp³-hybridized carbons (Fsp3) is 0.471. The van der Waals surface area contributed by atoms with E-state index in [1.807, 2.05) is 23.9 Å². The van der Waals surface area contributed by atoms with E-state index in [2.05, 4.69) is 23.4 Å². The Labute approximate surface area is 125 Å². The highest BCUT2D eigenvalue weighted by atomic mass is 19.1. The van der Waals surface area contributed by atoms with Crippen LogP contribution in [0.15, 0.2) is 30.5 Å². The van der Waals surface area contributed by atoms with Crippen molar-refractivity contribution < 1.29 is 4.39 Å². The van der Waals surface area contributed by atoms with Crippen LogP contribution in [-0.4, -0.2) is 16.3 Å². The molecule has 1 fully saturated rings. The molecule has 1 aromatic heterocycles. The van der Waals surface area contributed by atoms with E-state index in [0.717, 1.165) is 24.3 Å². The SMILES string of the molecule is CCCNC(C)c1c(F)cccc1-n1ccc(C2CC2)n1. The topological polar surface area (TPSA) is 29.9 Å². The van der Waals surface area contributed by atoms with Crippen molar-refractivity contribution in [3.63, 3.8) is 0 Å². The smallest absolute Gasteiger partial charge is 0.130 e. The maximum Gasteiger partial charge on any atom is 0.130 e. The van der Waals surface area contributed by atoms with E-state index in [1.165, 1.54) is 18.9 Å². The van der Waals surface area contributed by atoms with Crippen molar-refractivity contribution in [1.82, 2.24) is 15.1 Å². The molecule has 0 radical (unpaired) electrons. The van der Waals surface area contributed by atoms with Crippen LogP contribution in [-0.2, 0) is 0 Å². The molecule has 21 heavy (non-hydrogen) atoms. The lowest BCUT2D eigenvalue weighted by molar-refractivity contribution is 0.523. The number of rotatable bonds is 6. The predicted octanol–water partition coefficient (Wildman–Crippen LogP) is 3.95. The van der Waals surface area contributed by atoms with Crippen molar-refractivity contribution in [3.05, 3.63) is 47.5 Å². The molecular formula is C17H22FN3. The van der Waals surface area contributed by atoms with Crippen LogP contribution in [0.5, 0.6) is 0 Å². The van der Waals surface area contributed by atoms with Gasteiger partial charge in [-0.15, -0.1) is 0 Å². The third-order valence-corrected chi connectivity index (χ3v) is 4.02. The minimum absolute atomic E-state index is 0.0327. The fourth-order valence-electron chi connectivity index (χ4n) is 2.69. The zero-order valence-corrected chi connectivity index (χ0v) is 12.6. The molecule has 1 unspecified atom stereocenters. The maximum atomic E-state index is 14.3. The van der Waals surface area contributed by atoms with Crippen molar-refractivity contribution >= 4 is 0 Å². The van der Waals surface area contributed by atoms with E-state index in [9.17, 15) is 4.39 Å². The summed E-state index contributed by atoms with van der Waals surface area (Å²) in [4.78, 5) is 0. The molecule has 1 aliphatic rings. The number of benzene rings is 1. The van der Waals surface area contributed by atoms with Gasteiger partial charge in [-0.25, -0.2) is 9.07 Å². The minimum atomic E-state index is -0.174. The van der Waals surface area contributed by atoms with Crippen molar-refractivity contribution in [2.45, 2.75) is 45.1 Å². The Kier molecular flexibility index (Phi) is 4.06. The Morgan fingerprint density at radius 3 is 2.90 bits per heavy atom. The number of nitrogens with zero attached hydrogens (tertiary/aromatic N) is 2. The molecule has 0 amide bonds. The maximum absolute atomic E-state index is 14.3. The second-order valence-electron chi connectivity index (χ2n) is 5.81. The monoisotopic (exact) mass is 287 g/mol. The summed E-state index contributed by atoms with van der Waals surface area (Å²) in [6.07, 6.45) is 5.42. The summed E-state index contributed by atoms with van der Waals surface area (Å²) in [6, 6.07) is 7.23. The number of hydrogen-bond acceptors (Lipinski definition) is 2. The molecule has 1 heterocycles. The van der Waals surface area contributed by atoms with E-state index in [4.69, 9.17) is 0 Å². The summed E-state index contributed by atoms with van der Waals surface area (Å²) in [5.41, 5.74) is 2.65. The molecule has 1 aromatic carbocycles. The summed E-state index contributed by atoms with van der Waals surface area (Å²) in [5.74, 6) is 0.436. The average Bonchev–Trinajstić information content (AvgIpc) is 3.22. The Hall–Kier alpha value is -1.68. The molecule has 0 aliphatic heterocycles. The minimum Gasteiger partial charge on any atom is -0.310 e. The molecule has 0 spiro atoms. The summed E-state index contributed by atoms with van der Waals surface area (Å²) in [5, 5.41) is 7.99. The molecule has 0 bridgehead atoms. The van der Waals surface area contributed by atoms with E-state index in [-0.39, 0.29) is 11.9 Å². The van der Waals surface area contributed by atoms with Gasteiger partial charge in [0.25, 0.3) is 0 Å². The highest BCUT2D eigenvalue weighted by molar-refractivity contribution is 5.43. The fourth-order valence-corrected chi connectivity index (χ4v) is 2.69. The lowest BCUT2D eigenvalue weighted by Crippen LogP contribution is -2.22. The molecule has 1 N–H and O–H groups in total. The molecule has 112 valence electrons. The summed E-state index contributed by atoms with van der Waals surface area (Å²) < 4.78 is 16.1. The molecule has 4 heteroatoms. The van der Waals surface area contributed by atoms with Crippen molar-refractivity contribution in [3.8, 4) is 5.69 Å². The number of nitrogens with one attached hydrogen (secondary N) is 1. The summed E-state index contributed by atoms with van der Waals surface area (Å²) in [6.45, 7) is 4.99. The van der Waals surface area contributed by atoms with Crippen LogP contribution in [0.2, 0.25) is 0 Å². The largest absolute Gasteiger partial charge is 0.310 e. The van der Waals surface area contributed by atoms with Crippen molar-refractivity contribution in [2.75, 3.05) is 6.54 Å². The van der Waals surface area contributed by atoms with Crippen molar-refractivity contribution in [1.29, 1.82) is 0 Å². The van der Waals surface area contributed by atoms with Gasteiger partial charge in [0.05, 0.1) is 11.4 Å². The molecule has 1 atom stereocenters. The van der Waals surface area contributed by atoms with Crippen LogP contribution >= 0.6 is 0 Å². The summed E-state index contributed by atoms with van der Waals surface area (Å²) >= 11 is 0. The second kappa shape index (κ2) is 5.98. The van der Waals surface area contributed by atoms with E-state index in [1.54, 1.807) is 6.07 Å². The third-order valence-electron chi connectivity index (χ3n) is 4.02. The zero-order valence-electron chi connectivity index (χ0n) is 12.6. The van der Waals surface area contributed by atoms with Gasteiger partial charge in [0.2, 0.25) is 0 Å². The van der Waals surface area contributed by atoms with E-state index >= 15 is 0 Å². The second-order valence-corrected chi connectivity index (χ2v) is 5.81. The normalized spacial score (nSPS) is 16.1. The first-order valence-electron chi connectivity index (χ1n) is 7.78. The van der Waals surface area contributed by atoms with Gasteiger partial charge < -0.3 is 5.32 Å². The van der Waals surface area contributed by atoms with Gasteiger partial charge in [0.15, 0.2) is 0 Å². The highest BCUT2D eigenvalue weighted by Gasteiger charge is 2.26. The quantitative estimate of drug-likeness (QED) is 0.872. The first kappa shape index (κ1) is 14.3. The molecule has 1 aliphatic carbocycles. The van der Waals surface area contributed by atoms with Crippen LogP contribution in [0.1, 0.15) is 56.3 Å². The van der Waals surface area contributed by atoms with Gasteiger partial charge >= 0.3 is 0 Å². The third kappa shape index (κ3) is 3.00. The van der Waals surface area contributed by atoms with Crippen LogP contribution in [0.3, 0.4) is 0 Å². The van der Waals surface area contributed by atoms with Gasteiger partial charge in [-0.1, -0.05) is 13.0 Å². The Balaban J connectivity index is 1.94. The van der Waals surface area contributed by atoms with E-state index in [0.29, 0.717) is 11.5 Å². The zero-order chi connectivity index (χ0) is 14.8. The molecule has 0 saturated heterocycles. The Morgan fingerprint density at radius 1 is 1.38 bits per heavy atom. The molecule has 1 saturated carbocycles. The van der Waals surface area contributed by atoms with Crippen LogP contribution in [0.4, 0.5) is 4.39 Å². The standard InChI is InChI=1S/C17H22FN3/c1-3-10-19-12(2)17-14(18)5-4-6-16(17)21-11-9-15(20-21)13-7-8-13/h4-6,9,11-13,19H,3,7-8,10H2,1-2H3.